The van der Waals surface area contributed by atoms with E-state index < -0.39 is 5.41 Å². The first-order valence-corrected chi connectivity index (χ1v) is 4.37. The van der Waals surface area contributed by atoms with E-state index in [1.54, 1.807) is 39.0 Å². The lowest BCUT2D eigenvalue weighted by Gasteiger charge is -2.11. The Morgan fingerprint density at radius 3 is 2.57 bits per heavy atom. The standard InChI is InChI=1S/C10H14N2O2/c1-10(2,3)9(13)11-8-6-4-5-7-12(8)14/h4-7,14H,1-3H3. The molecular weight excluding hydrogens is 180 g/mol. The average Bonchev–Trinajstić information content (AvgIpc) is 2.07. The second kappa shape index (κ2) is 3.65. The van der Waals surface area contributed by atoms with Gasteiger partial charge in [-0.05, 0) is 12.1 Å². The molecule has 0 aliphatic rings. The van der Waals surface area contributed by atoms with Crippen LogP contribution in [0.4, 0.5) is 0 Å². The number of rotatable bonds is 0. The molecule has 1 aromatic heterocycles. The monoisotopic (exact) mass is 194 g/mol. The van der Waals surface area contributed by atoms with Crippen LogP contribution in [0.1, 0.15) is 20.8 Å². The number of aromatic nitrogens is 1. The fourth-order valence-corrected chi connectivity index (χ4v) is 0.786. The highest BCUT2D eigenvalue weighted by Crippen LogP contribution is 2.14. The maximum atomic E-state index is 11.5. The Hall–Kier alpha value is -1.58. The SMILES string of the molecule is CC(C)(C)C(=O)N=c1ccccn1O. The van der Waals surface area contributed by atoms with E-state index in [0.717, 1.165) is 4.73 Å². The molecule has 0 fully saturated rings. The fourth-order valence-electron chi connectivity index (χ4n) is 0.786. The van der Waals surface area contributed by atoms with Crippen LogP contribution in [0.3, 0.4) is 0 Å². The van der Waals surface area contributed by atoms with E-state index in [2.05, 4.69) is 4.99 Å². The van der Waals surface area contributed by atoms with Gasteiger partial charge >= 0.3 is 0 Å². The Morgan fingerprint density at radius 1 is 1.43 bits per heavy atom. The van der Waals surface area contributed by atoms with Crippen LogP contribution in [-0.2, 0) is 4.79 Å². The number of hydrogen-bond acceptors (Lipinski definition) is 2. The van der Waals surface area contributed by atoms with Crippen molar-refractivity contribution in [3.05, 3.63) is 29.9 Å². The third kappa shape index (κ3) is 2.45. The van der Waals surface area contributed by atoms with Crippen molar-refractivity contribution in [3.8, 4) is 0 Å². The highest BCUT2D eigenvalue weighted by Gasteiger charge is 2.20. The maximum Gasteiger partial charge on any atom is 0.253 e. The summed E-state index contributed by atoms with van der Waals surface area (Å²) in [6.07, 6.45) is 1.43. The van der Waals surface area contributed by atoms with Gasteiger partial charge in [0.05, 0.1) is 0 Å². The molecule has 14 heavy (non-hydrogen) atoms. The number of nitrogens with zero attached hydrogens (tertiary/aromatic N) is 2. The Kier molecular flexibility index (Phi) is 2.74. The van der Waals surface area contributed by atoms with Gasteiger partial charge < -0.3 is 5.21 Å². The molecule has 0 saturated carbocycles. The molecule has 1 rings (SSSR count). The zero-order valence-electron chi connectivity index (χ0n) is 8.56. The molecule has 1 amide bonds. The van der Waals surface area contributed by atoms with Gasteiger partial charge in [-0.2, -0.15) is 9.72 Å². The molecule has 0 saturated heterocycles. The van der Waals surface area contributed by atoms with Gasteiger partial charge in [-0.15, -0.1) is 0 Å². The minimum Gasteiger partial charge on any atom is -0.427 e. The summed E-state index contributed by atoms with van der Waals surface area (Å²) in [4.78, 5) is 15.3. The van der Waals surface area contributed by atoms with Crippen molar-refractivity contribution in [2.45, 2.75) is 20.8 Å². The molecular formula is C10H14N2O2. The smallest absolute Gasteiger partial charge is 0.253 e. The average molecular weight is 194 g/mol. The van der Waals surface area contributed by atoms with Crippen LogP contribution in [0, 0.1) is 5.41 Å². The van der Waals surface area contributed by atoms with E-state index in [1.807, 2.05) is 0 Å². The van der Waals surface area contributed by atoms with Crippen LogP contribution in [0.25, 0.3) is 0 Å². The van der Waals surface area contributed by atoms with Gasteiger partial charge in [0.15, 0.2) is 5.49 Å². The Labute approximate surface area is 82.5 Å². The lowest BCUT2D eigenvalue weighted by atomic mass is 9.96. The highest BCUT2D eigenvalue weighted by molar-refractivity contribution is 5.82. The van der Waals surface area contributed by atoms with Gasteiger partial charge in [0.2, 0.25) is 0 Å². The van der Waals surface area contributed by atoms with Gasteiger partial charge in [0.1, 0.15) is 0 Å². The van der Waals surface area contributed by atoms with Gasteiger partial charge in [0, 0.05) is 11.6 Å². The van der Waals surface area contributed by atoms with Crippen molar-refractivity contribution < 1.29 is 10.0 Å². The van der Waals surface area contributed by atoms with Crippen LogP contribution in [-0.4, -0.2) is 15.8 Å². The summed E-state index contributed by atoms with van der Waals surface area (Å²) < 4.78 is 0.823. The second-order valence-electron chi connectivity index (χ2n) is 4.07. The first-order valence-electron chi connectivity index (χ1n) is 4.37. The minimum absolute atomic E-state index is 0.243. The number of amides is 1. The molecule has 0 aliphatic heterocycles. The molecule has 1 N–H and O–H groups in total. The van der Waals surface area contributed by atoms with E-state index >= 15 is 0 Å². The van der Waals surface area contributed by atoms with Gasteiger partial charge in [-0.3, -0.25) is 4.79 Å². The third-order valence-corrected chi connectivity index (χ3v) is 1.68. The van der Waals surface area contributed by atoms with E-state index in [0.29, 0.717) is 0 Å². The zero-order valence-corrected chi connectivity index (χ0v) is 8.56. The summed E-state index contributed by atoms with van der Waals surface area (Å²) in [6, 6.07) is 4.94. The number of carbonyl (C=O) groups is 1. The molecule has 0 radical (unpaired) electrons. The van der Waals surface area contributed by atoms with Crippen molar-refractivity contribution in [3.63, 3.8) is 0 Å². The van der Waals surface area contributed by atoms with Gasteiger partial charge in [-0.1, -0.05) is 26.8 Å². The quantitative estimate of drug-likeness (QED) is 0.631. The molecule has 1 aromatic rings. The van der Waals surface area contributed by atoms with Crippen LogP contribution in [0.15, 0.2) is 29.4 Å². The van der Waals surface area contributed by atoms with Crippen molar-refractivity contribution in [1.82, 2.24) is 4.73 Å². The molecule has 0 spiro atoms. The van der Waals surface area contributed by atoms with Crippen molar-refractivity contribution in [2.75, 3.05) is 0 Å². The normalized spacial score (nSPS) is 12.9. The summed E-state index contributed by atoms with van der Waals surface area (Å²) in [5.74, 6) is -0.258. The molecule has 0 unspecified atom stereocenters. The first-order chi connectivity index (χ1) is 6.41. The van der Waals surface area contributed by atoms with Crippen LogP contribution >= 0.6 is 0 Å². The van der Waals surface area contributed by atoms with Crippen molar-refractivity contribution in [2.24, 2.45) is 10.4 Å². The van der Waals surface area contributed by atoms with Crippen molar-refractivity contribution in [1.29, 1.82) is 0 Å². The fraction of sp³-hybridized carbons (Fsp3) is 0.400. The van der Waals surface area contributed by atoms with Crippen molar-refractivity contribution >= 4 is 5.91 Å². The number of hydrogen-bond donors (Lipinski definition) is 1. The number of pyridine rings is 1. The Balaban J connectivity index is 3.12. The lowest BCUT2D eigenvalue weighted by molar-refractivity contribution is -0.125. The van der Waals surface area contributed by atoms with E-state index in [9.17, 15) is 10.0 Å². The highest BCUT2D eigenvalue weighted by atomic mass is 16.5. The van der Waals surface area contributed by atoms with Gasteiger partial charge in [-0.25, -0.2) is 0 Å². The zero-order chi connectivity index (χ0) is 10.8. The predicted octanol–water partition coefficient (Wildman–Crippen LogP) is 1.20. The first kappa shape index (κ1) is 10.5. The summed E-state index contributed by atoms with van der Waals surface area (Å²) in [5.41, 5.74) is -0.282. The lowest BCUT2D eigenvalue weighted by Crippen LogP contribution is -2.25. The van der Waals surface area contributed by atoms with E-state index in [4.69, 9.17) is 0 Å². The summed E-state index contributed by atoms with van der Waals surface area (Å²) >= 11 is 0. The van der Waals surface area contributed by atoms with Crippen LogP contribution in [0.2, 0.25) is 0 Å². The molecule has 4 nitrogen and oxygen atoms in total. The predicted molar refractivity (Wildman–Crippen MR) is 51.6 cm³/mol. The second-order valence-corrected chi connectivity index (χ2v) is 4.07. The molecule has 1 heterocycles. The molecule has 0 atom stereocenters. The van der Waals surface area contributed by atoms with Crippen LogP contribution in [0.5, 0.6) is 0 Å². The summed E-state index contributed by atoms with van der Waals surface area (Å²) in [7, 11) is 0. The van der Waals surface area contributed by atoms with E-state index in [1.165, 1.54) is 6.20 Å². The molecule has 76 valence electrons. The third-order valence-electron chi connectivity index (χ3n) is 1.68. The molecule has 0 bridgehead atoms. The number of carbonyl (C=O) groups excluding carboxylic acids is 1. The van der Waals surface area contributed by atoms with E-state index in [-0.39, 0.29) is 11.4 Å². The molecule has 0 aliphatic carbocycles. The Morgan fingerprint density at radius 2 is 2.07 bits per heavy atom. The Bertz CT molecular complexity index is 399. The maximum absolute atomic E-state index is 11.5. The minimum atomic E-state index is -0.525. The largest absolute Gasteiger partial charge is 0.427 e. The molecule has 4 heteroatoms. The summed E-state index contributed by atoms with van der Waals surface area (Å²) in [6.45, 7) is 5.34. The molecule has 0 aromatic carbocycles. The van der Waals surface area contributed by atoms with Gasteiger partial charge in [0.25, 0.3) is 5.91 Å². The van der Waals surface area contributed by atoms with Crippen LogP contribution < -0.4 is 5.49 Å². The summed E-state index contributed by atoms with van der Waals surface area (Å²) in [5, 5.41) is 9.30. The topological polar surface area (TPSA) is 54.6 Å².